The molecule has 0 radical (unpaired) electrons. The number of fused-ring (bicyclic) bond motifs is 4. The summed E-state index contributed by atoms with van der Waals surface area (Å²) >= 11 is 0. The normalized spacial score (nSPS) is 12.4. The van der Waals surface area contributed by atoms with Gasteiger partial charge in [-0.3, -0.25) is 4.57 Å². The van der Waals surface area contributed by atoms with Gasteiger partial charge in [-0.2, -0.15) is 0 Å². The van der Waals surface area contributed by atoms with Gasteiger partial charge >= 0.3 is 0 Å². The summed E-state index contributed by atoms with van der Waals surface area (Å²) in [6.07, 6.45) is 13.2. The lowest BCUT2D eigenvalue weighted by Crippen LogP contribution is -2.10. The standard InChI is InChI=1S/C42H36N2O2/c1-7-9-14-28(8-2)30-23-34(26(3)4)40(35(24-30)27(5)6)44-37-18-11-10-17-36(37)43-42(44)33-16-12-15-32-31-21-20-29(38-19-13-22-45-38)25-39(31)46-41(32)33/h1,8-27H,2-6H3/b14-9-,28-8+. The Morgan fingerprint density at radius 2 is 1.65 bits per heavy atom. The number of para-hydroxylation sites is 3. The van der Waals surface area contributed by atoms with E-state index < -0.39 is 0 Å². The van der Waals surface area contributed by atoms with Gasteiger partial charge in [0.2, 0.25) is 0 Å². The van der Waals surface area contributed by atoms with E-state index >= 15 is 0 Å². The summed E-state index contributed by atoms with van der Waals surface area (Å²) in [5.74, 6) is 4.81. The first-order chi connectivity index (χ1) is 22.4. The predicted molar refractivity (Wildman–Crippen MR) is 191 cm³/mol. The average Bonchev–Trinajstić information content (AvgIpc) is 3.82. The van der Waals surface area contributed by atoms with Gasteiger partial charge in [0.1, 0.15) is 22.8 Å². The molecule has 4 heteroatoms. The molecule has 0 N–H and O–H groups in total. The maximum absolute atomic E-state index is 6.70. The Bertz CT molecular complexity index is 2300. The van der Waals surface area contributed by atoms with E-state index in [9.17, 15) is 0 Å². The number of terminal acetylenes is 1. The van der Waals surface area contributed by atoms with Crippen LogP contribution in [0, 0.1) is 12.3 Å². The van der Waals surface area contributed by atoms with E-state index in [0.29, 0.717) is 0 Å². The van der Waals surface area contributed by atoms with Crippen LogP contribution in [-0.2, 0) is 0 Å². The first-order valence-corrected chi connectivity index (χ1v) is 15.8. The fraction of sp³-hybridized carbons (Fsp3) is 0.167. The number of aromatic nitrogens is 2. The lowest BCUT2D eigenvalue weighted by Gasteiger charge is -2.24. The summed E-state index contributed by atoms with van der Waals surface area (Å²) in [7, 11) is 0. The summed E-state index contributed by atoms with van der Waals surface area (Å²) < 4.78 is 14.7. The van der Waals surface area contributed by atoms with Gasteiger partial charge in [-0.15, -0.1) is 6.42 Å². The molecule has 0 amide bonds. The van der Waals surface area contributed by atoms with Crippen molar-refractivity contribution < 1.29 is 8.83 Å². The number of rotatable bonds is 7. The zero-order chi connectivity index (χ0) is 31.9. The van der Waals surface area contributed by atoms with Gasteiger partial charge in [-0.25, -0.2) is 4.98 Å². The highest BCUT2D eigenvalue weighted by molar-refractivity contribution is 6.10. The molecule has 0 bridgehead atoms. The van der Waals surface area contributed by atoms with Crippen LogP contribution in [-0.4, -0.2) is 9.55 Å². The van der Waals surface area contributed by atoms with Crippen LogP contribution in [0.4, 0.5) is 0 Å². The van der Waals surface area contributed by atoms with Crippen LogP contribution >= 0.6 is 0 Å². The SMILES string of the molecule is C#C/C=C\C(=C/C)c1cc(C(C)C)c(-n2c(-c3cccc4c3oc3cc(-c5ccco5)ccc34)nc3ccccc32)c(C(C)C)c1. The summed E-state index contributed by atoms with van der Waals surface area (Å²) in [4.78, 5) is 5.30. The van der Waals surface area contributed by atoms with Crippen molar-refractivity contribution in [2.45, 2.75) is 46.5 Å². The maximum atomic E-state index is 6.70. The molecular formula is C42H36N2O2. The molecule has 0 fully saturated rings. The number of benzene rings is 4. The monoisotopic (exact) mass is 600 g/mol. The quantitative estimate of drug-likeness (QED) is 0.135. The molecule has 3 heterocycles. The molecule has 0 atom stereocenters. The van der Waals surface area contributed by atoms with E-state index in [1.807, 2.05) is 24.3 Å². The summed E-state index contributed by atoms with van der Waals surface area (Å²) in [5, 5.41) is 2.11. The number of hydrogen-bond acceptors (Lipinski definition) is 3. The van der Waals surface area contributed by atoms with E-state index in [4.69, 9.17) is 20.2 Å². The van der Waals surface area contributed by atoms with Crippen molar-refractivity contribution in [2.24, 2.45) is 0 Å². The predicted octanol–water partition coefficient (Wildman–Crippen LogP) is 11.7. The molecule has 4 aromatic carbocycles. The minimum atomic E-state index is 0.248. The van der Waals surface area contributed by atoms with Gasteiger partial charge in [0.25, 0.3) is 0 Å². The molecule has 4 nitrogen and oxygen atoms in total. The molecule has 7 aromatic rings. The van der Waals surface area contributed by atoms with E-state index in [1.54, 1.807) is 12.3 Å². The molecule has 0 saturated carbocycles. The zero-order valence-corrected chi connectivity index (χ0v) is 26.8. The van der Waals surface area contributed by atoms with Gasteiger partial charge in [-0.05, 0) is 108 Å². The van der Waals surface area contributed by atoms with Crippen molar-refractivity contribution in [2.75, 3.05) is 0 Å². The molecule has 0 saturated heterocycles. The van der Waals surface area contributed by atoms with Crippen molar-refractivity contribution in [1.82, 2.24) is 9.55 Å². The maximum Gasteiger partial charge on any atom is 0.149 e. The Hall–Kier alpha value is -5.53. The van der Waals surface area contributed by atoms with Crippen LogP contribution in [0.15, 0.2) is 118 Å². The second-order valence-corrected chi connectivity index (χ2v) is 12.3. The highest BCUT2D eigenvalue weighted by atomic mass is 16.3. The van der Waals surface area contributed by atoms with E-state index in [2.05, 4.69) is 118 Å². The molecule has 46 heavy (non-hydrogen) atoms. The third-order valence-corrected chi connectivity index (χ3v) is 8.75. The van der Waals surface area contributed by atoms with Crippen LogP contribution in [0.2, 0.25) is 0 Å². The summed E-state index contributed by atoms with van der Waals surface area (Å²) in [5.41, 5.74) is 11.5. The Morgan fingerprint density at radius 1 is 0.870 bits per heavy atom. The van der Waals surface area contributed by atoms with E-state index in [-0.39, 0.29) is 11.8 Å². The number of hydrogen-bond donors (Lipinski definition) is 0. The number of nitrogens with zero attached hydrogens (tertiary/aromatic N) is 2. The molecule has 0 aliphatic carbocycles. The molecular weight excluding hydrogens is 564 g/mol. The minimum absolute atomic E-state index is 0.248. The van der Waals surface area contributed by atoms with Crippen LogP contribution in [0.25, 0.3) is 66.9 Å². The zero-order valence-electron chi connectivity index (χ0n) is 26.8. The van der Waals surface area contributed by atoms with Gasteiger partial charge in [0, 0.05) is 16.3 Å². The van der Waals surface area contributed by atoms with Crippen LogP contribution in [0.5, 0.6) is 0 Å². The van der Waals surface area contributed by atoms with Gasteiger partial charge < -0.3 is 8.83 Å². The van der Waals surface area contributed by atoms with Gasteiger partial charge in [0.05, 0.1) is 28.5 Å². The highest BCUT2D eigenvalue weighted by Gasteiger charge is 2.25. The van der Waals surface area contributed by atoms with E-state index in [1.165, 1.54) is 16.8 Å². The number of allylic oxidation sites excluding steroid dienone is 4. The lowest BCUT2D eigenvalue weighted by atomic mass is 9.87. The lowest BCUT2D eigenvalue weighted by molar-refractivity contribution is 0.582. The second-order valence-electron chi connectivity index (χ2n) is 12.3. The van der Waals surface area contributed by atoms with Crippen molar-refractivity contribution in [3.05, 3.63) is 126 Å². The number of furan rings is 2. The van der Waals surface area contributed by atoms with Crippen LogP contribution < -0.4 is 0 Å². The van der Waals surface area contributed by atoms with Crippen molar-refractivity contribution in [1.29, 1.82) is 0 Å². The fourth-order valence-electron chi connectivity index (χ4n) is 6.49. The van der Waals surface area contributed by atoms with Gasteiger partial charge in [0.15, 0.2) is 0 Å². The molecule has 3 aromatic heterocycles. The topological polar surface area (TPSA) is 44.1 Å². The summed E-state index contributed by atoms with van der Waals surface area (Å²) in [6.45, 7) is 11.1. The Kier molecular flexibility index (Phi) is 7.47. The molecule has 0 aliphatic rings. The first kappa shape index (κ1) is 29.2. The Labute approximate surface area is 269 Å². The van der Waals surface area contributed by atoms with Crippen molar-refractivity contribution in [3.8, 4) is 40.7 Å². The van der Waals surface area contributed by atoms with E-state index in [0.717, 1.165) is 66.8 Å². The van der Waals surface area contributed by atoms with Crippen LogP contribution in [0.1, 0.15) is 63.1 Å². The minimum Gasteiger partial charge on any atom is -0.464 e. The van der Waals surface area contributed by atoms with Gasteiger partial charge in [-0.1, -0.05) is 70.0 Å². The summed E-state index contributed by atoms with van der Waals surface area (Å²) in [6, 6.07) is 29.5. The Balaban J connectivity index is 1.53. The van der Waals surface area contributed by atoms with Crippen molar-refractivity contribution in [3.63, 3.8) is 0 Å². The highest BCUT2D eigenvalue weighted by Crippen LogP contribution is 2.42. The third kappa shape index (κ3) is 4.86. The number of imidazole rings is 1. The average molecular weight is 601 g/mol. The first-order valence-electron chi connectivity index (χ1n) is 15.8. The third-order valence-electron chi connectivity index (χ3n) is 8.75. The largest absolute Gasteiger partial charge is 0.464 e. The molecule has 0 spiro atoms. The molecule has 226 valence electrons. The smallest absolute Gasteiger partial charge is 0.149 e. The second kappa shape index (κ2) is 11.8. The molecule has 0 unspecified atom stereocenters. The molecule has 0 aliphatic heterocycles. The Morgan fingerprint density at radius 3 is 2.35 bits per heavy atom. The molecule has 7 rings (SSSR count). The van der Waals surface area contributed by atoms with Crippen molar-refractivity contribution >= 4 is 38.5 Å². The fourth-order valence-corrected chi connectivity index (χ4v) is 6.49. The van der Waals surface area contributed by atoms with Crippen LogP contribution in [0.3, 0.4) is 0 Å².